The molecule has 8 N–H and O–H groups in total. The molecule has 5 atom stereocenters. The highest BCUT2D eigenvalue weighted by atomic mass is 16.7. The van der Waals surface area contributed by atoms with E-state index in [2.05, 4.69) is 0 Å². The van der Waals surface area contributed by atoms with Crippen LogP contribution in [0.15, 0.2) is 39.5 Å². The van der Waals surface area contributed by atoms with Gasteiger partial charge in [-0.1, -0.05) is 0 Å². The highest BCUT2D eigenvalue weighted by Gasteiger charge is 2.45. The fraction of sp³-hybridized carbons (Fsp3) is 0.286. The van der Waals surface area contributed by atoms with E-state index in [9.17, 15) is 45.6 Å². The largest absolute Gasteiger partial charge is 0.508 e. The first kappa shape index (κ1) is 22.6. The van der Waals surface area contributed by atoms with Gasteiger partial charge in [-0.25, -0.2) is 0 Å². The molecule has 2 aromatic carbocycles. The van der Waals surface area contributed by atoms with E-state index in [1.165, 1.54) is 24.3 Å². The molecule has 0 aliphatic carbocycles. The summed E-state index contributed by atoms with van der Waals surface area (Å²) in [5.74, 6) is -3.73. The monoisotopic (exact) mass is 464 g/mol. The Morgan fingerprint density at radius 1 is 0.909 bits per heavy atom. The summed E-state index contributed by atoms with van der Waals surface area (Å²) in [5, 5.41) is 78.5. The standard InChI is InChI=1S/C21H20O12/c22-6-11-14(26)17(29)18(30)21(32-11)33-20-16(28)12-10(5-9(24)13(25)15(12)27)31-19(20)7-1-3-8(23)4-2-7/h1-5,11,14,17-18,21-27,29-30H,6H2. The third-order valence-corrected chi connectivity index (χ3v) is 5.28. The summed E-state index contributed by atoms with van der Waals surface area (Å²) < 4.78 is 16.5. The Morgan fingerprint density at radius 2 is 1.58 bits per heavy atom. The number of phenols is 4. The molecule has 0 radical (unpaired) electrons. The summed E-state index contributed by atoms with van der Waals surface area (Å²) >= 11 is 0. The number of ether oxygens (including phenoxy) is 2. The van der Waals surface area contributed by atoms with Crippen LogP contribution in [0.25, 0.3) is 22.3 Å². The average molecular weight is 464 g/mol. The molecule has 176 valence electrons. The van der Waals surface area contributed by atoms with Crippen LogP contribution in [0.3, 0.4) is 0 Å². The topological polar surface area (TPSA) is 211 Å². The van der Waals surface area contributed by atoms with Crippen molar-refractivity contribution in [2.75, 3.05) is 6.61 Å². The maximum atomic E-state index is 13.3. The summed E-state index contributed by atoms with van der Waals surface area (Å²) in [6, 6.07) is 6.18. The minimum absolute atomic E-state index is 0.0986. The van der Waals surface area contributed by atoms with Gasteiger partial charge >= 0.3 is 0 Å². The van der Waals surface area contributed by atoms with Gasteiger partial charge in [-0.15, -0.1) is 0 Å². The molecular weight excluding hydrogens is 444 g/mol. The molecule has 0 saturated carbocycles. The van der Waals surface area contributed by atoms with Gasteiger partial charge in [-0.2, -0.15) is 0 Å². The van der Waals surface area contributed by atoms with Crippen LogP contribution < -0.4 is 10.2 Å². The Hall–Kier alpha value is -3.55. The van der Waals surface area contributed by atoms with Crippen molar-refractivity contribution >= 4 is 11.0 Å². The summed E-state index contributed by atoms with van der Waals surface area (Å²) in [7, 11) is 0. The Balaban J connectivity index is 1.92. The van der Waals surface area contributed by atoms with E-state index in [-0.39, 0.29) is 22.7 Å². The van der Waals surface area contributed by atoms with Crippen LogP contribution in [0.5, 0.6) is 28.7 Å². The summed E-state index contributed by atoms with van der Waals surface area (Å²) in [4.78, 5) is 13.3. The van der Waals surface area contributed by atoms with Gasteiger partial charge in [0.15, 0.2) is 17.3 Å². The normalized spacial score (nSPS) is 25.3. The van der Waals surface area contributed by atoms with Gasteiger partial charge in [-0.05, 0) is 24.3 Å². The van der Waals surface area contributed by atoms with E-state index >= 15 is 0 Å². The van der Waals surface area contributed by atoms with E-state index in [0.29, 0.717) is 0 Å². The molecule has 0 amide bonds. The number of aromatic hydroxyl groups is 4. The molecular formula is C21H20O12. The fourth-order valence-corrected chi connectivity index (χ4v) is 3.48. The van der Waals surface area contributed by atoms with Crippen molar-refractivity contribution in [1.82, 2.24) is 0 Å². The van der Waals surface area contributed by atoms with E-state index in [1.54, 1.807) is 0 Å². The predicted molar refractivity (Wildman–Crippen MR) is 109 cm³/mol. The van der Waals surface area contributed by atoms with Gasteiger partial charge < -0.3 is 54.7 Å². The van der Waals surface area contributed by atoms with Crippen molar-refractivity contribution in [3.05, 3.63) is 40.6 Å². The van der Waals surface area contributed by atoms with Crippen molar-refractivity contribution in [2.45, 2.75) is 30.7 Å². The maximum absolute atomic E-state index is 13.3. The van der Waals surface area contributed by atoms with Crippen LogP contribution >= 0.6 is 0 Å². The molecule has 4 rings (SSSR count). The van der Waals surface area contributed by atoms with Crippen LogP contribution in [-0.4, -0.2) is 78.2 Å². The van der Waals surface area contributed by atoms with Gasteiger partial charge in [0.25, 0.3) is 0 Å². The first-order valence-corrected chi connectivity index (χ1v) is 9.65. The molecule has 1 aliphatic rings. The Labute approximate surface area is 184 Å². The third-order valence-electron chi connectivity index (χ3n) is 5.28. The van der Waals surface area contributed by atoms with Gasteiger partial charge in [0.1, 0.15) is 41.1 Å². The van der Waals surface area contributed by atoms with Crippen molar-refractivity contribution < 1.29 is 54.7 Å². The van der Waals surface area contributed by atoms with Gasteiger partial charge in [0, 0.05) is 11.6 Å². The minimum Gasteiger partial charge on any atom is -0.508 e. The lowest BCUT2D eigenvalue weighted by Gasteiger charge is -2.39. The van der Waals surface area contributed by atoms with Crippen LogP contribution in [0.4, 0.5) is 0 Å². The van der Waals surface area contributed by atoms with E-state index in [4.69, 9.17) is 13.9 Å². The lowest BCUT2D eigenvalue weighted by molar-refractivity contribution is -0.277. The minimum atomic E-state index is -1.85. The highest BCUT2D eigenvalue weighted by Crippen LogP contribution is 2.43. The molecule has 1 aromatic heterocycles. The summed E-state index contributed by atoms with van der Waals surface area (Å²) in [5.41, 5.74) is -1.17. The van der Waals surface area contributed by atoms with Crippen LogP contribution in [-0.2, 0) is 4.74 Å². The number of benzene rings is 2. The maximum Gasteiger partial charge on any atom is 0.239 e. The van der Waals surface area contributed by atoms with Gasteiger partial charge in [0.05, 0.1) is 6.61 Å². The van der Waals surface area contributed by atoms with Crippen molar-refractivity contribution in [3.63, 3.8) is 0 Å². The number of hydrogen-bond acceptors (Lipinski definition) is 12. The lowest BCUT2D eigenvalue weighted by atomic mass is 9.99. The van der Waals surface area contributed by atoms with E-state index in [1.807, 2.05) is 0 Å². The molecule has 0 spiro atoms. The van der Waals surface area contributed by atoms with Crippen LogP contribution in [0, 0.1) is 0 Å². The van der Waals surface area contributed by atoms with Crippen LogP contribution in [0.1, 0.15) is 0 Å². The van der Waals surface area contributed by atoms with E-state index < -0.39 is 71.1 Å². The predicted octanol–water partition coefficient (Wildman–Crippen LogP) is -0.539. The number of hydrogen-bond donors (Lipinski definition) is 8. The molecule has 12 nitrogen and oxygen atoms in total. The van der Waals surface area contributed by atoms with Crippen LogP contribution in [0.2, 0.25) is 0 Å². The first-order valence-electron chi connectivity index (χ1n) is 9.65. The number of aliphatic hydroxyl groups is 4. The second-order valence-electron chi connectivity index (χ2n) is 7.42. The molecule has 1 saturated heterocycles. The second-order valence-corrected chi connectivity index (χ2v) is 7.42. The molecule has 0 bridgehead atoms. The Bertz CT molecular complexity index is 1230. The van der Waals surface area contributed by atoms with Crippen molar-refractivity contribution in [2.24, 2.45) is 0 Å². The Kier molecular flexibility index (Phi) is 5.78. The average Bonchev–Trinajstić information content (AvgIpc) is 2.79. The van der Waals surface area contributed by atoms with E-state index in [0.717, 1.165) is 6.07 Å². The summed E-state index contributed by atoms with van der Waals surface area (Å²) in [6.07, 6.45) is -8.40. The lowest BCUT2D eigenvalue weighted by Crippen LogP contribution is -2.60. The smallest absolute Gasteiger partial charge is 0.239 e. The SMILES string of the molecule is O=c1c(OC2OC(CO)C(O)C(O)C2O)c(-c2ccc(O)cc2)oc2cc(O)c(O)c(O)c12. The quantitative estimate of drug-likeness (QED) is 0.229. The molecule has 1 aliphatic heterocycles. The number of rotatable bonds is 4. The molecule has 12 heteroatoms. The zero-order valence-corrected chi connectivity index (χ0v) is 16.7. The summed E-state index contributed by atoms with van der Waals surface area (Å²) in [6.45, 7) is -0.740. The number of fused-ring (bicyclic) bond motifs is 1. The zero-order valence-electron chi connectivity index (χ0n) is 16.7. The molecule has 2 heterocycles. The fourth-order valence-electron chi connectivity index (χ4n) is 3.48. The van der Waals surface area contributed by atoms with Gasteiger partial charge in [-0.3, -0.25) is 4.79 Å². The number of aliphatic hydroxyl groups excluding tert-OH is 4. The molecule has 3 aromatic rings. The molecule has 1 fully saturated rings. The van der Waals surface area contributed by atoms with Crippen molar-refractivity contribution in [1.29, 1.82) is 0 Å². The molecule has 33 heavy (non-hydrogen) atoms. The third kappa shape index (κ3) is 3.79. The Morgan fingerprint density at radius 3 is 2.21 bits per heavy atom. The second kappa shape index (κ2) is 8.42. The molecule has 5 unspecified atom stereocenters. The first-order chi connectivity index (χ1) is 15.6. The van der Waals surface area contributed by atoms with Gasteiger partial charge in [0.2, 0.25) is 23.2 Å². The number of phenolic OH excluding ortho intramolecular Hbond substituents is 4. The zero-order chi connectivity index (χ0) is 24.0. The highest BCUT2D eigenvalue weighted by molar-refractivity contribution is 5.91. The van der Waals surface area contributed by atoms with Crippen molar-refractivity contribution in [3.8, 4) is 40.1 Å².